The predicted octanol–water partition coefficient (Wildman–Crippen LogP) is 2.28. The molecule has 0 amide bonds. The van der Waals surface area contributed by atoms with Crippen LogP contribution in [-0.4, -0.2) is 18.0 Å². The lowest BCUT2D eigenvalue weighted by Gasteiger charge is -2.27. The molecule has 1 aromatic rings. The lowest BCUT2D eigenvalue weighted by molar-refractivity contribution is -0.380. The van der Waals surface area contributed by atoms with Crippen LogP contribution in [0.3, 0.4) is 0 Å². The van der Waals surface area contributed by atoms with Crippen molar-refractivity contribution in [3.05, 3.63) is 27.1 Å². The van der Waals surface area contributed by atoms with Gasteiger partial charge < -0.3 is 10.5 Å². The van der Waals surface area contributed by atoms with Gasteiger partial charge in [-0.2, -0.15) is 0 Å². The number of nitrogens with two attached hydrogens (primary N) is 1. The Morgan fingerprint density at radius 3 is 2.56 bits per heavy atom. The normalized spacial score (nSPS) is 12.4. The van der Waals surface area contributed by atoms with E-state index in [1.54, 1.807) is 19.2 Å². The first-order valence-electron chi connectivity index (χ1n) is 4.87. The number of esters is 1. The van der Waals surface area contributed by atoms with E-state index in [0.29, 0.717) is 5.56 Å². The highest BCUT2D eigenvalue weighted by molar-refractivity contribution is 7.13. The Balaban J connectivity index is 0.00000289. The second-order valence-corrected chi connectivity index (χ2v) is 5.06. The molecular formula is C10H15ClN2O4S. The zero-order valence-corrected chi connectivity index (χ0v) is 11.8. The quantitative estimate of drug-likeness (QED) is 0.522. The predicted molar refractivity (Wildman–Crippen MR) is 70.9 cm³/mol. The summed E-state index contributed by atoms with van der Waals surface area (Å²) in [5, 5.41) is 12.2. The van der Waals surface area contributed by atoms with E-state index in [9.17, 15) is 14.9 Å². The average Bonchev–Trinajstić information content (AvgIpc) is 2.75. The third-order valence-electron chi connectivity index (χ3n) is 2.63. The Morgan fingerprint density at radius 1 is 1.61 bits per heavy atom. The second-order valence-electron chi connectivity index (χ2n) is 4.17. The van der Waals surface area contributed by atoms with Crippen molar-refractivity contribution in [1.29, 1.82) is 0 Å². The summed E-state index contributed by atoms with van der Waals surface area (Å²) >= 11 is 0.990. The minimum absolute atomic E-state index is 0. The molecule has 1 rings (SSSR count). The van der Waals surface area contributed by atoms with Gasteiger partial charge >= 0.3 is 11.0 Å². The fourth-order valence-electron chi connectivity index (χ4n) is 1.40. The smallest absolute Gasteiger partial charge is 0.324 e. The van der Waals surface area contributed by atoms with E-state index >= 15 is 0 Å². The molecular weight excluding hydrogens is 280 g/mol. The number of nitrogens with zero attached hydrogens (tertiary/aromatic N) is 1. The molecule has 0 radical (unpaired) electrons. The van der Waals surface area contributed by atoms with E-state index in [-0.39, 0.29) is 17.4 Å². The van der Waals surface area contributed by atoms with Gasteiger partial charge in [0.1, 0.15) is 0 Å². The van der Waals surface area contributed by atoms with Gasteiger partial charge in [-0.3, -0.25) is 14.9 Å². The first-order valence-corrected chi connectivity index (χ1v) is 5.75. The van der Waals surface area contributed by atoms with Crippen molar-refractivity contribution < 1.29 is 14.5 Å². The van der Waals surface area contributed by atoms with Crippen LogP contribution >= 0.6 is 23.7 Å². The van der Waals surface area contributed by atoms with Crippen LogP contribution in [0, 0.1) is 15.5 Å². The van der Waals surface area contributed by atoms with E-state index in [1.807, 2.05) is 0 Å². The Kier molecular flexibility index (Phi) is 5.72. The molecule has 0 aliphatic carbocycles. The maximum absolute atomic E-state index is 11.6. The van der Waals surface area contributed by atoms with Gasteiger partial charge in [0.15, 0.2) is 0 Å². The van der Waals surface area contributed by atoms with Crippen molar-refractivity contribution >= 4 is 34.7 Å². The largest absolute Gasteiger partial charge is 0.469 e. The van der Waals surface area contributed by atoms with Gasteiger partial charge in [0.25, 0.3) is 0 Å². The van der Waals surface area contributed by atoms with Crippen molar-refractivity contribution in [2.45, 2.75) is 19.9 Å². The summed E-state index contributed by atoms with van der Waals surface area (Å²) in [6, 6.07) is 0.750. The topological polar surface area (TPSA) is 95.5 Å². The fourth-order valence-corrected chi connectivity index (χ4v) is 2.17. The van der Waals surface area contributed by atoms with Gasteiger partial charge in [-0.05, 0) is 19.4 Å². The minimum atomic E-state index is -0.927. The van der Waals surface area contributed by atoms with Crippen LogP contribution in [0.4, 0.5) is 5.00 Å². The summed E-state index contributed by atoms with van der Waals surface area (Å²) < 4.78 is 4.66. The molecule has 0 saturated heterocycles. The molecule has 2 N–H and O–H groups in total. The van der Waals surface area contributed by atoms with E-state index in [2.05, 4.69) is 4.74 Å². The second kappa shape index (κ2) is 6.12. The molecule has 1 atom stereocenters. The number of carbonyl (C=O) groups is 1. The summed E-state index contributed by atoms with van der Waals surface area (Å²) in [4.78, 5) is 21.6. The van der Waals surface area contributed by atoms with Crippen molar-refractivity contribution in [3.8, 4) is 0 Å². The minimum Gasteiger partial charge on any atom is -0.469 e. The number of methoxy groups -OCH3 is 1. The summed E-state index contributed by atoms with van der Waals surface area (Å²) in [7, 11) is 1.28. The molecule has 0 aliphatic rings. The molecule has 0 spiro atoms. The third kappa shape index (κ3) is 3.18. The van der Waals surface area contributed by atoms with E-state index in [4.69, 9.17) is 5.73 Å². The Labute approximate surface area is 115 Å². The lowest BCUT2D eigenvalue weighted by atomic mass is 9.82. The number of rotatable bonds is 4. The summed E-state index contributed by atoms with van der Waals surface area (Å²) in [6.07, 6.45) is 0. The molecule has 102 valence electrons. The standard InChI is InChI=1S/C10H14N2O4S.ClH/c1-10(2,9(13)16-3)8(11)6-4-7(12(14)15)17-5-6;/h4-5,8H,11H2,1-3H3;1H/t8-;/m1./s1. The molecule has 0 aliphatic heterocycles. The van der Waals surface area contributed by atoms with Crippen molar-refractivity contribution in [2.75, 3.05) is 7.11 Å². The molecule has 0 bridgehead atoms. The zero-order valence-electron chi connectivity index (χ0n) is 10.2. The highest BCUT2D eigenvalue weighted by Crippen LogP contribution is 2.36. The van der Waals surface area contributed by atoms with Gasteiger partial charge in [-0.1, -0.05) is 11.3 Å². The van der Waals surface area contributed by atoms with Gasteiger partial charge in [-0.25, -0.2) is 0 Å². The van der Waals surface area contributed by atoms with Crippen LogP contribution < -0.4 is 5.73 Å². The fraction of sp³-hybridized carbons (Fsp3) is 0.500. The van der Waals surface area contributed by atoms with Crippen molar-refractivity contribution in [2.24, 2.45) is 11.1 Å². The van der Waals surface area contributed by atoms with Crippen LogP contribution in [0.2, 0.25) is 0 Å². The number of hydrogen-bond acceptors (Lipinski definition) is 6. The molecule has 0 unspecified atom stereocenters. The summed E-state index contributed by atoms with van der Waals surface area (Å²) in [6.45, 7) is 3.29. The van der Waals surface area contributed by atoms with Crippen molar-refractivity contribution in [3.63, 3.8) is 0 Å². The number of halogens is 1. The van der Waals surface area contributed by atoms with Crippen LogP contribution in [0.1, 0.15) is 25.5 Å². The number of nitro groups is 1. The average molecular weight is 295 g/mol. The molecule has 1 aromatic heterocycles. The highest BCUT2D eigenvalue weighted by atomic mass is 35.5. The van der Waals surface area contributed by atoms with Crippen LogP contribution in [0.25, 0.3) is 0 Å². The van der Waals surface area contributed by atoms with Gasteiger partial charge in [0.05, 0.1) is 17.4 Å². The maximum atomic E-state index is 11.6. The Bertz CT molecular complexity index is 447. The van der Waals surface area contributed by atoms with E-state index in [0.717, 1.165) is 11.3 Å². The summed E-state index contributed by atoms with van der Waals surface area (Å²) in [5.41, 5.74) is 5.59. The highest BCUT2D eigenvalue weighted by Gasteiger charge is 2.37. The monoisotopic (exact) mass is 294 g/mol. The molecule has 6 nitrogen and oxygen atoms in total. The lowest BCUT2D eigenvalue weighted by Crippen LogP contribution is -2.37. The van der Waals surface area contributed by atoms with Crippen LogP contribution in [0.5, 0.6) is 0 Å². The zero-order chi connectivity index (χ0) is 13.2. The van der Waals surface area contributed by atoms with Gasteiger partial charge in [0.2, 0.25) is 0 Å². The van der Waals surface area contributed by atoms with E-state index in [1.165, 1.54) is 13.2 Å². The molecule has 18 heavy (non-hydrogen) atoms. The first kappa shape index (κ1) is 16.8. The number of ether oxygens (including phenoxy) is 1. The van der Waals surface area contributed by atoms with Crippen LogP contribution in [0.15, 0.2) is 11.4 Å². The first-order chi connectivity index (χ1) is 7.80. The van der Waals surface area contributed by atoms with E-state index < -0.39 is 22.3 Å². The summed E-state index contributed by atoms with van der Waals surface area (Å²) in [5.74, 6) is -0.446. The molecule has 0 fully saturated rings. The van der Waals surface area contributed by atoms with Crippen LogP contribution in [-0.2, 0) is 9.53 Å². The SMILES string of the molecule is COC(=O)C(C)(C)[C@H](N)c1csc([N+](=O)[O-])c1.Cl. The Hall–Kier alpha value is -1.18. The molecule has 1 heterocycles. The molecule has 0 saturated carbocycles. The van der Waals surface area contributed by atoms with Crippen molar-refractivity contribution in [1.82, 2.24) is 0 Å². The van der Waals surface area contributed by atoms with Gasteiger partial charge in [-0.15, -0.1) is 12.4 Å². The molecule has 0 aromatic carbocycles. The number of carbonyl (C=O) groups excluding carboxylic acids is 1. The maximum Gasteiger partial charge on any atom is 0.324 e. The number of thiophene rings is 1. The van der Waals surface area contributed by atoms with Gasteiger partial charge in [0, 0.05) is 17.5 Å². The Morgan fingerprint density at radius 2 is 2.17 bits per heavy atom. The molecule has 8 heteroatoms. The number of hydrogen-bond donors (Lipinski definition) is 1. The third-order valence-corrected chi connectivity index (χ3v) is 3.53.